The molecule has 1 aliphatic rings. The molecule has 4 aromatic rings. The molecule has 0 aliphatic carbocycles. The Morgan fingerprint density at radius 1 is 0.906 bits per heavy atom. The minimum Gasteiger partial charge on any atom is -0.424 e. The summed E-state index contributed by atoms with van der Waals surface area (Å²) in [7, 11) is 0. The SMILES string of the molecule is O=C(NC1(Cc2ccc(Cl)cc2Cl)C(=O)Oc2ccc3ccccc3c21)c1ccccc1. The summed E-state index contributed by atoms with van der Waals surface area (Å²) in [5.41, 5.74) is 0.272. The number of halogens is 2. The molecule has 1 atom stereocenters. The first-order chi connectivity index (χ1) is 15.5. The Morgan fingerprint density at radius 2 is 1.66 bits per heavy atom. The van der Waals surface area contributed by atoms with Crippen molar-refractivity contribution in [2.45, 2.75) is 12.0 Å². The zero-order valence-electron chi connectivity index (χ0n) is 16.8. The van der Waals surface area contributed by atoms with E-state index in [2.05, 4.69) is 5.32 Å². The predicted molar refractivity (Wildman–Crippen MR) is 125 cm³/mol. The summed E-state index contributed by atoms with van der Waals surface area (Å²) in [6.45, 7) is 0. The third kappa shape index (κ3) is 3.42. The van der Waals surface area contributed by atoms with E-state index >= 15 is 0 Å². The van der Waals surface area contributed by atoms with Gasteiger partial charge >= 0.3 is 5.97 Å². The van der Waals surface area contributed by atoms with Crippen LogP contribution in [0.25, 0.3) is 10.8 Å². The minimum absolute atomic E-state index is 0.113. The molecule has 6 heteroatoms. The van der Waals surface area contributed by atoms with Crippen molar-refractivity contribution in [1.29, 1.82) is 0 Å². The van der Waals surface area contributed by atoms with Crippen LogP contribution in [-0.4, -0.2) is 11.9 Å². The molecule has 32 heavy (non-hydrogen) atoms. The van der Waals surface area contributed by atoms with E-state index < -0.39 is 11.5 Å². The van der Waals surface area contributed by atoms with Gasteiger partial charge in [0.2, 0.25) is 0 Å². The Hall–Kier alpha value is -3.34. The van der Waals surface area contributed by atoms with Crippen molar-refractivity contribution in [1.82, 2.24) is 5.32 Å². The summed E-state index contributed by atoms with van der Waals surface area (Å²) in [6, 6.07) is 25.2. The van der Waals surface area contributed by atoms with Crippen LogP contribution in [0.2, 0.25) is 10.0 Å². The van der Waals surface area contributed by atoms with Crippen molar-refractivity contribution >= 4 is 45.9 Å². The average Bonchev–Trinajstić information content (AvgIpc) is 3.07. The molecule has 1 amide bonds. The Labute approximate surface area is 194 Å². The van der Waals surface area contributed by atoms with Gasteiger partial charge in [-0.05, 0) is 46.7 Å². The molecule has 0 bridgehead atoms. The van der Waals surface area contributed by atoms with Gasteiger partial charge in [0.15, 0.2) is 5.54 Å². The van der Waals surface area contributed by atoms with Crippen molar-refractivity contribution < 1.29 is 14.3 Å². The van der Waals surface area contributed by atoms with Crippen LogP contribution in [0, 0.1) is 0 Å². The zero-order chi connectivity index (χ0) is 22.3. The molecule has 5 rings (SSSR count). The van der Waals surface area contributed by atoms with Crippen LogP contribution < -0.4 is 10.1 Å². The first-order valence-corrected chi connectivity index (χ1v) is 10.8. The molecule has 0 aromatic heterocycles. The number of carbonyl (C=O) groups excluding carboxylic acids is 2. The van der Waals surface area contributed by atoms with E-state index in [0.29, 0.717) is 32.5 Å². The highest BCUT2D eigenvalue weighted by atomic mass is 35.5. The Kier molecular flexibility index (Phi) is 5.12. The number of hydrogen-bond donors (Lipinski definition) is 1. The lowest BCUT2D eigenvalue weighted by Gasteiger charge is -2.29. The number of rotatable bonds is 4. The molecule has 1 heterocycles. The van der Waals surface area contributed by atoms with Gasteiger partial charge in [-0.25, -0.2) is 4.79 Å². The maximum atomic E-state index is 13.4. The molecule has 158 valence electrons. The fourth-order valence-corrected chi connectivity index (χ4v) is 4.67. The monoisotopic (exact) mass is 461 g/mol. The van der Waals surface area contributed by atoms with Gasteiger partial charge in [0.05, 0.1) is 0 Å². The smallest absolute Gasteiger partial charge is 0.342 e. The van der Waals surface area contributed by atoms with E-state index in [1.54, 1.807) is 48.5 Å². The first kappa shape index (κ1) is 20.6. The summed E-state index contributed by atoms with van der Waals surface area (Å²) in [5, 5.41) is 5.65. The molecule has 1 N–H and O–H groups in total. The second-order valence-electron chi connectivity index (χ2n) is 7.69. The summed E-state index contributed by atoms with van der Waals surface area (Å²) in [4.78, 5) is 26.7. The lowest BCUT2D eigenvalue weighted by molar-refractivity contribution is -0.139. The number of benzene rings is 4. The van der Waals surface area contributed by atoms with Gasteiger partial charge in [0, 0.05) is 27.6 Å². The molecule has 1 aliphatic heterocycles. The number of amides is 1. The lowest BCUT2D eigenvalue weighted by atomic mass is 9.82. The summed E-state index contributed by atoms with van der Waals surface area (Å²) < 4.78 is 5.68. The lowest BCUT2D eigenvalue weighted by Crippen LogP contribution is -2.52. The second kappa shape index (κ2) is 7.97. The largest absolute Gasteiger partial charge is 0.424 e. The maximum Gasteiger partial charge on any atom is 0.342 e. The fourth-order valence-electron chi connectivity index (χ4n) is 4.19. The van der Waals surface area contributed by atoms with Crippen molar-refractivity contribution in [2.24, 2.45) is 0 Å². The number of hydrogen-bond acceptors (Lipinski definition) is 3. The highest BCUT2D eigenvalue weighted by Crippen LogP contribution is 2.45. The van der Waals surface area contributed by atoms with Gasteiger partial charge in [0.25, 0.3) is 5.91 Å². The van der Waals surface area contributed by atoms with Crippen LogP contribution in [-0.2, 0) is 16.8 Å². The highest BCUT2D eigenvalue weighted by Gasteiger charge is 2.52. The third-order valence-corrected chi connectivity index (χ3v) is 6.29. The number of carbonyl (C=O) groups is 2. The molecule has 4 nitrogen and oxygen atoms in total. The predicted octanol–water partition coefficient (Wildman–Crippen LogP) is 5.93. The van der Waals surface area contributed by atoms with Gasteiger partial charge in [-0.1, -0.05) is 77.8 Å². The highest BCUT2D eigenvalue weighted by molar-refractivity contribution is 6.35. The number of nitrogens with one attached hydrogen (secondary N) is 1. The van der Waals surface area contributed by atoms with Crippen LogP contribution in [0.5, 0.6) is 5.75 Å². The molecule has 0 saturated carbocycles. The van der Waals surface area contributed by atoms with Crippen molar-refractivity contribution in [3.63, 3.8) is 0 Å². The normalized spacial score (nSPS) is 17.1. The van der Waals surface area contributed by atoms with Gasteiger partial charge in [-0.3, -0.25) is 4.79 Å². The Morgan fingerprint density at radius 3 is 2.44 bits per heavy atom. The Balaban J connectivity index is 1.72. The number of ether oxygens (including phenoxy) is 1. The standard InChI is InChI=1S/C26H17Cl2NO3/c27-19-12-10-18(21(28)14-19)15-26(29-24(30)17-7-2-1-3-8-17)23-20-9-5-4-6-16(20)11-13-22(23)32-25(26)31/h1-14H,15H2,(H,29,30). The van der Waals surface area contributed by atoms with Gasteiger partial charge in [-0.15, -0.1) is 0 Å². The summed E-state index contributed by atoms with van der Waals surface area (Å²) in [6.07, 6.45) is 0.113. The van der Waals surface area contributed by atoms with Crippen LogP contribution in [0.1, 0.15) is 21.5 Å². The molecule has 1 unspecified atom stereocenters. The molecular weight excluding hydrogens is 445 g/mol. The zero-order valence-corrected chi connectivity index (χ0v) is 18.3. The van der Waals surface area contributed by atoms with E-state index in [0.717, 1.165) is 10.8 Å². The van der Waals surface area contributed by atoms with Crippen LogP contribution in [0.15, 0.2) is 84.9 Å². The van der Waals surface area contributed by atoms with E-state index in [1.165, 1.54) is 0 Å². The van der Waals surface area contributed by atoms with Crippen LogP contribution in [0.3, 0.4) is 0 Å². The molecule has 0 radical (unpaired) electrons. The van der Waals surface area contributed by atoms with Crippen molar-refractivity contribution in [2.75, 3.05) is 0 Å². The van der Waals surface area contributed by atoms with E-state index in [9.17, 15) is 9.59 Å². The summed E-state index contributed by atoms with van der Waals surface area (Å²) >= 11 is 12.5. The molecule has 0 spiro atoms. The van der Waals surface area contributed by atoms with E-state index in [1.807, 2.05) is 36.4 Å². The maximum absolute atomic E-state index is 13.4. The minimum atomic E-state index is -1.46. The first-order valence-electron chi connectivity index (χ1n) is 10.0. The van der Waals surface area contributed by atoms with E-state index in [4.69, 9.17) is 27.9 Å². The van der Waals surface area contributed by atoms with Gasteiger partial charge in [0.1, 0.15) is 5.75 Å². The van der Waals surface area contributed by atoms with Crippen molar-refractivity contribution in [3.05, 3.63) is 112 Å². The molecular formula is C26H17Cl2NO3. The molecule has 4 aromatic carbocycles. The molecule has 0 fully saturated rings. The van der Waals surface area contributed by atoms with E-state index in [-0.39, 0.29) is 12.3 Å². The quantitative estimate of drug-likeness (QED) is 0.302. The van der Waals surface area contributed by atoms with Crippen LogP contribution >= 0.6 is 23.2 Å². The van der Waals surface area contributed by atoms with Gasteiger partial charge < -0.3 is 10.1 Å². The van der Waals surface area contributed by atoms with Crippen LogP contribution in [0.4, 0.5) is 0 Å². The topological polar surface area (TPSA) is 55.4 Å². The third-order valence-electron chi connectivity index (χ3n) is 5.70. The van der Waals surface area contributed by atoms with Crippen molar-refractivity contribution in [3.8, 4) is 5.75 Å². The second-order valence-corrected chi connectivity index (χ2v) is 8.53. The summed E-state index contributed by atoms with van der Waals surface area (Å²) in [5.74, 6) is -0.514. The average molecular weight is 462 g/mol. The number of fused-ring (bicyclic) bond motifs is 3. The number of esters is 1. The Bertz CT molecular complexity index is 1370. The molecule has 0 saturated heterocycles. The van der Waals surface area contributed by atoms with Gasteiger partial charge in [-0.2, -0.15) is 0 Å². The fraction of sp³-hybridized carbons (Fsp3) is 0.0769.